The molecule has 0 aromatic carbocycles. The highest BCUT2D eigenvalue weighted by atomic mass is 35.5. The summed E-state index contributed by atoms with van der Waals surface area (Å²) in [6.07, 6.45) is 5.55. The third-order valence-electron chi connectivity index (χ3n) is 1.77. The summed E-state index contributed by atoms with van der Waals surface area (Å²) < 4.78 is 0. The van der Waals surface area contributed by atoms with Gasteiger partial charge in [-0.05, 0) is 6.42 Å². The lowest BCUT2D eigenvalue weighted by Gasteiger charge is -2.04. The zero-order valence-electron chi connectivity index (χ0n) is 7.55. The molecule has 0 heterocycles. The largest absolute Gasteiger partial charge is 0.481 e. The lowest BCUT2D eigenvalue weighted by molar-refractivity contribution is -0.137. The topological polar surface area (TPSA) is 37.3 Å². The molecule has 0 aliphatic carbocycles. The van der Waals surface area contributed by atoms with Gasteiger partial charge in [0.2, 0.25) is 0 Å². The van der Waals surface area contributed by atoms with E-state index in [1.54, 1.807) is 0 Å². The SMILES string of the molecule is CCCCCC[C@H](Cl)CC(=O)O. The van der Waals surface area contributed by atoms with Crippen molar-refractivity contribution < 1.29 is 9.90 Å². The van der Waals surface area contributed by atoms with Crippen LogP contribution in [0.3, 0.4) is 0 Å². The molecule has 0 spiro atoms. The molecule has 0 fully saturated rings. The highest BCUT2D eigenvalue weighted by Gasteiger charge is 2.08. The Morgan fingerprint density at radius 2 is 2.08 bits per heavy atom. The van der Waals surface area contributed by atoms with Crippen LogP contribution in [-0.4, -0.2) is 16.5 Å². The maximum absolute atomic E-state index is 10.2. The van der Waals surface area contributed by atoms with Gasteiger partial charge in [0.05, 0.1) is 6.42 Å². The second kappa shape index (κ2) is 7.41. The fourth-order valence-corrected chi connectivity index (χ4v) is 1.37. The standard InChI is InChI=1S/C9H17ClO2/c1-2-3-4-5-6-8(10)7-9(11)12/h8H,2-7H2,1H3,(H,11,12)/t8-/m0/s1. The van der Waals surface area contributed by atoms with Gasteiger partial charge in [-0.1, -0.05) is 32.6 Å². The summed E-state index contributed by atoms with van der Waals surface area (Å²) in [7, 11) is 0. The highest BCUT2D eigenvalue weighted by molar-refractivity contribution is 6.21. The third-order valence-corrected chi connectivity index (χ3v) is 2.14. The average molecular weight is 193 g/mol. The second-order valence-electron chi connectivity index (χ2n) is 3.04. The molecule has 0 unspecified atom stereocenters. The normalized spacial score (nSPS) is 12.8. The molecule has 72 valence electrons. The van der Waals surface area contributed by atoms with Gasteiger partial charge in [-0.3, -0.25) is 4.79 Å². The van der Waals surface area contributed by atoms with Crippen molar-refractivity contribution in [3.8, 4) is 0 Å². The monoisotopic (exact) mass is 192 g/mol. The molecule has 0 saturated heterocycles. The number of halogens is 1. The number of hydrogen-bond donors (Lipinski definition) is 1. The second-order valence-corrected chi connectivity index (χ2v) is 3.66. The molecule has 0 saturated carbocycles. The molecule has 0 aromatic rings. The van der Waals surface area contributed by atoms with Crippen molar-refractivity contribution >= 4 is 17.6 Å². The van der Waals surface area contributed by atoms with E-state index in [0.717, 1.165) is 12.8 Å². The van der Waals surface area contributed by atoms with Crippen molar-refractivity contribution in [1.82, 2.24) is 0 Å². The van der Waals surface area contributed by atoms with Gasteiger partial charge >= 0.3 is 5.97 Å². The van der Waals surface area contributed by atoms with Crippen LogP contribution in [-0.2, 0) is 4.79 Å². The molecule has 0 radical (unpaired) electrons. The first-order valence-corrected chi connectivity index (χ1v) is 4.96. The molecule has 0 amide bonds. The summed E-state index contributed by atoms with van der Waals surface area (Å²) in [5.41, 5.74) is 0. The van der Waals surface area contributed by atoms with E-state index >= 15 is 0 Å². The Hall–Kier alpha value is -0.240. The van der Waals surface area contributed by atoms with E-state index in [9.17, 15) is 4.79 Å². The van der Waals surface area contributed by atoms with Crippen molar-refractivity contribution in [1.29, 1.82) is 0 Å². The van der Waals surface area contributed by atoms with E-state index in [1.807, 2.05) is 0 Å². The molecule has 2 nitrogen and oxygen atoms in total. The summed E-state index contributed by atoms with van der Waals surface area (Å²) in [5.74, 6) is -0.800. The molecule has 3 heteroatoms. The van der Waals surface area contributed by atoms with Crippen LogP contribution in [0, 0.1) is 0 Å². The maximum atomic E-state index is 10.2. The van der Waals surface area contributed by atoms with E-state index in [4.69, 9.17) is 16.7 Å². The van der Waals surface area contributed by atoms with Gasteiger partial charge in [0, 0.05) is 5.38 Å². The molecule has 1 atom stereocenters. The minimum atomic E-state index is -0.800. The lowest BCUT2D eigenvalue weighted by Crippen LogP contribution is -2.06. The first kappa shape index (κ1) is 11.8. The van der Waals surface area contributed by atoms with E-state index in [1.165, 1.54) is 19.3 Å². The fourth-order valence-electron chi connectivity index (χ4n) is 1.08. The number of unbranched alkanes of at least 4 members (excludes halogenated alkanes) is 3. The summed E-state index contributed by atoms with van der Waals surface area (Å²) in [6, 6.07) is 0. The Balaban J connectivity index is 3.19. The van der Waals surface area contributed by atoms with Crippen LogP contribution in [0.1, 0.15) is 45.4 Å². The number of carboxylic acids is 1. The van der Waals surface area contributed by atoms with Crippen LogP contribution in [0.4, 0.5) is 0 Å². The predicted octanol–water partition coefficient (Wildman–Crippen LogP) is 3.04. The van der Waals surface area contributed by atoms with E-state index in [2.05, 4.69) is 6.92 Å². The van der Waals surface area contributed by atoms with Crippen molar-refractivity contribution in [2.75, 3.05) is 0 Å². The summed E-state index contributed by atoms with van der Waals surface area (Å²) in [6.45, 7) is 2.15. The number of rotatable bonds is 7. The Morgan fingerprint density at radius 3 is 2.58 bits per heavy atom. The van der Waals surface area contributed by atoms with Gasteiger partial charge in [0.15, 0.2) is 0 Å². The molecular weight excluding hydrogens is 176 g/mol. The van der Waals surface area contributed by atoms with Gasteiger partial charge in [0.25, 0.3) is 0 Å². The van der Waals surface area contributed by atoms with Gasteiger partial charge < -0.3 is 5.11 Å². The average Bonchev–Trinajstić information content (AvgIpc) is 1.97. The zero-order valence-corrected chi connectivity index (χ0v) is 8.31. The van der Waals surface area contributed by atoms with Crippen LogP contribution in [0.25, 0.3) is 0 Å². The maximum Gasteiger partial charge on any atom is 0.304 e. The minimum Gasteiger partial charge on any atom is -0.481 e. The minimum absolute atomic E-state index is 0.0910. The van der Waals surface area contributed by atoms with Crippen LogP contribution >= 0.6 is 11.6 Å². The van der Waals surface area contributed by atoms with Crippen molar-refractivity contribution in [3.63, 3.8) is 0 Å². The van der Waals surface area contributed by atoms with Gasteiger partial charge in [-0.2, -0.15) is 0 Å². The third kappa shape index (κ3) is 7.86. The molecule has 12 heavy (non-hydrogen) atoms. The molecule has 0 aromatic heterocycles. The Bertz CT molecular complexity index is 126. The van der Waals surface area contributed by atoms with Crippen LogP contribution in [0.5, 0.6) is 0 Å². The van der Waals surface area contributed by atoms with Crippen molar-refractivity contribution in [2.24, 2.45) is 0 Å². The lowest BCUT2D eigenvalue weighted by atomic mass is 10.1. The molecule has 1 N–H and O–H groups in total. The van der Waals surface area contributed by atoms with Gasteiger partial charge in [0.1, 0.15) is 0 Å². The van der Waals surface area contributed by atoms with Crippen LogP contribution < -0.4 is 0 Å². The number of carboxylic acid groups (broad SMARTS) is 1. The molecular formula is C9H17ClO2. The summed E-state index contributed by atoms with van der Waals surface area (Å²) >= 11 is 5.77. The Morgan fingerprint density at radius 1 is 1.42 bits per heavy atom. The van der Waals surface area contributed by atoms with Crippen LogP contribution in [0.2, 0.25) is 0 Å². The quantitative estimate of drug-likeness (QED) is 0.497. The van der Waals surface area contributed by atoms with E-state index in [0.29, 0.717) is 0 Å². The number of hydrogen-bond acceptors (Lipinski definition) is 1. The van der Waals surface area contributed by atoms with Crippen molar-refractivity contribution in [2.45, 2.75) is 50.8 Å². The number of carbonyl (C=O) groups is 1. The fraction of sp³-hybridized carbons (Fsp3) is 0.889. The number of alkyl halides is 1. The predicted molar refractivity (Wildman–Crippen MR) is 50.7 cm³/mol. The molecule has 0 aliphatic rings. The first-order valence-electron chi connectivity index (χ1n) is 4.52. The van der Waals surface area contributed by atoms with Crippen molar-refractivity contribution in [3.05, 3.63) is 0 Å². The van der Waals surface area contributed by atoms with Gasteiger partial charge in [-0.15, -0.1) is 11.6 Å². The van der Waals surface area contributed by atoms with E-state index < -0.39 is 5.97 Å². The Kier molecular flexibility index (Phi) is 7.26. The molecule has 0 bridgehead atoms. The van der Waals surface area contributed by atoms with Crippen LogP contribution in [0.15, 0.2) is 0 Å². The molecule has 0 rings (SSSR count). The Labute approximate surface area is 78.9 Å². The summed E-state index contributed by atoms with van der Waals surface area (Å²) in [4.78, 5) is 10.2. The van der Waals surface area contributed by atoms with Gasteiger partial charge in [-0.25, -0.2) is 0 Å². The molecule has 0 aliphatic heterocycles. The van der Waals surface area contributed by atoms with E-state index in [-0.39, 0.29) is 11.8 Å². The summed E-state index contributed by atoms with van der Waals surface area (Å²) in [5, 5.41) is 8.22. The highest BCUT2D eigenvalue weighted by Crippen LogP contribution is 2.12. The number of aliphatic carboxylic acids is 1. The zero-order chi connectivity index (χ0) is 9.40. The smallest absolute Gasteiger partial charge is 0.304 e. The first-order chi connectivity index (χ1) is 5.66.